The summed E-state index contributed by atoms with van der Waals surface area (Å²) in [6.45, 7) is 5.19. The second kappa shape index (κ2) is 8.60. The Morgan fingerprint density at radius 3 is 2.85 bits per heavy atom. The number of benzene rings is 1. The Hall–Kier alpha value is -1.99. The van der Waals surface area contributed by atoms with Gasteiger partial charge in [0.05, 0.1) is 23.3 Å². The van der Waals surface area contributed by atoms with Gasteiger partial charge < -0.3 is 15.5 Å². The monoisotopic (exact) mass is 375 g/mol. The van der Waals surface area contributed by atoms with Crippen LogP contribution in [0.1, 0.15) is 44.2 Å². The first-order valence-electron chi connectivity index (χ1n) is 9.29. The molecule has 3 rings (SSSR count). The number of hydrogen-bond acceptors (Lipinski definition) is 4. The maximum Gasteiger partial charge on any atom is 0.275 e. The van der Waals surface area contributed by atoms with Crippen LogP contribution in [0.2, 0.25) is 0 Å². The molecule has 0 saturated carbocycles. The van der Waals surface area contributed by atoms with Crippen LogP contribution in [0.25, 0.3) is 10.2 Å². The predicted molar refractivity (Wildman–Crippen MR) is 103 cm³/mol. The van der Waals surface area contributed by atoms with Crippen molar-refractivity contribution < 1.29 is 14.5 Å². The molecule has 2 amide bonds. The van der Waals surface area contributed by atoms with Crippen LogP contribution in [0, 0.1) is 0 Å². The number of nitrogens with one attached hydrogen (secondary N) is 3. The summed E-state index contributed by atoms with van der Waals surface area (Å²) >= 11 is 1.73. The van der Waals surface area contributed by atoms with E-state index >= 15 is 0 Å². The number of fused-ring (bicyclic) bond motifs is 1. The minimum Gasteiger partial charge on any atom is -0.352 e. The molecule has 0 spiro atoms. The van der Waals surface area contributed by atoms with Gasteiger partial charge in [-0.2, -0.15) is 0 Å². The molecular weight excluding hydrogens is 348 g/mol. The van der Waals surface area contributed by atoms with Gasteiger partial charge in [0.15, 0.2) is 11.6 Å². The molecule has 6 nitrogen and oxygen atoms in total. The van der Waals surface area contributed by atoms with E-state index in [1.807, 2.05) is 32.0 Å². The van der Waals surface area contributed by atoms with Crippen molar-refractivity contribution >= 4 is 33.4 Å². The topological polar surface area (TPSA) is 75.5 Å². The van der Waals surface area contributed by atoms with E-state index in [1.165, 1.54) is 16.0 Å². The molecule has 2 atom stereocenters. The highest BCUT2D eigenvalue weighted by Crippen LogP contribution is 2.28. The number of nitrogens with zero attached hydrogens (tertiary/aromatic N) is 1. The Morgan fingerprint density at radius 2 is 2.08 bits per heavy atom. The van der Waals surface area contributed by atoms with Gasteiger partial charge in [0.1, 0.15) is 6.04 Å². The van der Waals surface area contributed by atoms with Crippen LogP contribution >= 0.6 is 11.3 Å². The van der Waals surface area contributed by atoms with Gasteiger partial charge >= 0.3 is 0 Å². The summed E-state index contributed by atoms with van der Waals surface area (Å²) in [6.07, 6.45) is 3.34. The van der Waals surface area contributed by atoms with E-state index in [0.29, 0.717) is 6.54 Å². The number of quaternary nitrogens is 1. The van der Waals surface area contributed by atoms with Crippen molar-refractivity contribution in [2.24, 2.45) is 0 Å². The Bertz CT molecular complexity index is 741. The molecule has 0 bridgehead atoms. The summed E-state index contributed by atoms with van der Waals surface area (Å²) in [5.41, 5.74) is 1.03. The van der Waals surface area contributed by atoms with E-state index in [9.17, 15) is 9.59 Å². The summed E-state index contributed by atoms with van der Waals surface area (Å²) < 4.78 is 1.20. The lowest BCUT2D eigenvalue weighted by molar-refractivity contribution is -0.929. The fourth-order valence-electron chi connectivity index (χ4n) is 3.45. The highest BCUT2D eigenvalue weighted by Gasteiger charge is 2.31. The number of carbonyl (C=O) groups excluding carboxylic acids is 2. The fourth-order valence-corrected chi connectivity index (χ4v) is 4.61. The van der Waals surface area contributed by atoms with Crippen LogP contribution in [0.4, 0.5) is 0 Å². The minimum atomic E-state index is -0.148. The smallest absolute Gasteiger partial charge is 0.275 e. The second-order valence-electron chi connectivity index (χ2n) is 7.15. The molecule has 1 saturated heterocycles. The number of likely N-dealkylation sites (tertiary alicyclic amines) is 1. The molecule has 0 radical (unpaired) electrons. The van der Waals surface area contributed by atoms with Crippen molar-refractivity contribution in [2.45, 2.75) is 45.2 Å². The highest BCUT2D eigenvalue weighted by atomic mass is 32.1. The third kappa shape index (κ3) is 4.80. The third-order valence-electron chi connectivity index (χ3n) is 4.63. The van der Waals surface area contributed by atoms with Gasteiger partial charge in [-0.05, 0) is 38.8 Å². The second-order valence-corrected chi connectivity index (χ2v) is 8.21. The van der Waals surface area contributed by atoms with Crippen molar-refractivity contribution in [3.8, 4) is 0 Å². The molecule has 7 heteroatoms. The molecule has 0 aliphatic carbocycles. The van der Waals surface area contributed by atoms with E-state index in [4.69, 9.17) is 4.98 Å². The molecule has 2 heterocycles. The van der Waals surface area contributed by atoms with Gasteiger partial charge in [-0.15, -0.1) is 11.3 Å². The van der Waals surface area contributed by atoms with Crippen LogP contribution < -0.4 is 15.5 Å². The first-order chi connectivity index (χ1) is 12.5. The summed E-state index contributed by atoms with van der Waals surface area (Å²) in [5, 5.41) is 6.64. The van der Waals surface area contributed by atoms with Gasteiger partial charge in [-0.3, -0.25) is 9.59 Å². The number of thiazole rings is 1. The standard InChI is InChI=1S/C19H26N4O2S/c1-13(2)21-17(24)11-20-18(25)12-23-10-6-5-8-15(23)19-22-14-7-3-4-9-16(14)26-19/h3-4,7,9,13,15H,5-6,8,10-12H2,1-2H3,(H,20,25)(H,21,24)/p+1/t15-/m0/s1. The molecule has 1 aliphatic heterocycles. The maximum atomic E-state index is 12.3. The van der Waals surface area contributed by atoms with E-state index in [-0.39, 0.29) is 30.4 Å². The lowest BCUT2D eigenvalue weighted by atomic mass is 10.0. The van der Waals surface area contributed by atoms with Crippen molar-refractivity contribution in [3.05, 3.63) is 29.3 Å². The van der Waals surface area contributed by atoms with Crippen LogP contribution in [0.15, 0.2) is 24.3 Å². The van der Waals surface area contributed by atoms with Gasteiger partial charge in [0, 0.05) is 12.5 Å². The zero-order chi connectivity index (χ0) is 18.5. The van der Waals surface area contributed by atoms with Crippen LogP contribution in [-0.2, 0) is 9.59 Å². The molecule has 2 aromatic rings. The molecule has 1 aromatic carbocycles. The van der Waals surface area contributed by atoms with Crippen LogP contribution in [0.3, 0.4) is 0 Å². The number of para-hydroxylation sites is 1. The summed E-state index contributed by atoms with van der Waals surface area (Å²) in [7, 11) is 0. The number of carbonyl (C=O) groups is 2. The number of amides is 2. The lowest BCUT2D eigenvalue weighted by Gasteiger charge is -2.30. The zero-order valence-electron chi connectivity index (χ0n) is 15.4. The SMILES string of the molecule is CC(C)NC(=O)CNC(=O)C[NH+]1CCCC[C@H]1c1nc2ccccc2s1. The average Bonchev–Trinajstić information content (AvgIpc) is 3.04. The van der Waals surface area contributed by atoms with Crippen molar-refractivity contribution in [1.82, 2.24) is 15.6 Å². The van der Waals surface area contributed by atoms with E-state index in [1.54, 1.807) is 11.3 Å². The first kappa shape index (κ1) is 18.8. The van der Waals surface area contributed by atoms with Gasteiger partial charge in [-0.1, -0.05) is 12.1 Å². The molecular formula is C19H27N4O2S+. The quantitative estimate of drug-likeness (QED) is 0.706. The van der Waals surface area contributed by atoms with E-state index < -0.39 is 0 Å². The predicted octanol–water partition coefficient (Wildman–Crippen LogP) is 1.05. The molecule has 3 N–H and O–H groups in total. The van der Waals surface area contributed by atoms with Crippen molar-refractivity contribution in [3.63, 3.8) is 0 Å². The molecule has 1 unspecified atom stereocenters. The van der Waals surface area contributed by atoms with Gasteiger partial charge in [-0.25, -0.2) is 4.98 Å². The fraction of sp³-hybridized carbons (Fsp3) is 0.526. The third-order valence-corrected chi connectivity index (χ3v) is 5.78. The summed E-state index contributed by atoms with van der Waals surface area (Å²) in [5.74, 6) is -0.225. The lowest BCUT2D eigenvalue weighted by Crippen LogP contribution is -3.14. The van der Waals surface area contributed by atoms with Gasteiger partial charge in [0.2, 0.25) is 5.91 Å². The zero-order valence-corrected chi connectivity index (χ0v) is 16.2. The van der Waals surface area contributed by atoms with Crippen LogP contribution in [0.5, 0.6) is 0 Å². The molecule has 140 valence electrons. The Balaban J connectivity index is 1.61. The largest absolute Gasteiger partial charge is 0.352 e. The van der Waals surface area contributed by atoms with E-state index in [2.05, 4.69) is 16.7 Å². The number of aromatic nitrogens is 1. The minimum absolute atomic E-state index is 0.0378. The molecule has 26 heavy (non-hydrogen) atoms. The Kier molecular flexibility index (Phi) is 6.21. The molecule has 1 aromatic heterocycles. The maximum absolute atomic E-state index is 12.3. The van der Waals surface area contributed by atoms with Gasteiger partial charge in [0.25, 0.3) is 5.91 Å². The van der Waals surface area contributed by atoms with E-state index in [0.717, 1.165) is 29.9 Å². The number of rotatable bonds is 6. The molecule has 1 fully saturated rings. The van der Waals surface area contributed by atoms with Crippen molar-refractivity contribution in [2.75, 3.05) is 19.6 Å². The summed E-state index contributed by atoms with van der Waals surface area (Å²) in [6, 6.07) is 8.52. The average molecular weight is 376 g/mol. The van der Waals surface area contributed by atoms with Crippen LogP contribution in [-0.4, -0.2) is 42.5 Å². The number of hydrogen-bond donors (Lipinski definition) is 3. The Morgan fingerprint density at radius 1 is 1.27 bits per heavy atom. The van der Waals surface area contributed by atoms with Crippen molar-refractivity contribution in [1.29, 1.82) is 0 Å². The summed E-state index contributed by atoms with van der Waals surface area (Å²) in [4.78, 5) is 30.1. The first-order valence-corrected chi connectivity index (χ1v) is 10.1. The number of piperidine rings is 1. The molecule has 1 aliphatic rings. The highest BCUT2D eigenvalue weighted by molar-refractivity contribution is 7.18. The normalized spacial score (nSPS) is 20.3. The Labute approximate surface area is 158 Å².